The number of carbonyl (C=O) groups is 1. The van der Waals surface area contributed by atoms with E-state index in [9.17, 15) is 4.79 Å². The number of guanidine groups is 1. The molecule has 0 aromatic heterocycles. The maximum absolute atomic E-state index is 11.8. The molecular weight excluding hydrogens is 469 g/mol. The molecule has 0 spiro atoms. The second-order valence-corrected chi connectivity index (χ2v) is 7.04. The predicted molar refractivity (Wildman–Crippen MR) is 123 cm³/mol. The van der Waals surface area contributed by atoms with Crippen molar-refractivity contribution in [3.8, 4) is 0 Å². The molecule has 7 heteroatoms. The van der Waals surface area contributed by atoms with Gasteiger partial charge in [-0.05, 0) is 30.7 Å². The van der Waals surface area contributed by atoms with Gasteiger partial charge < -0.3 is 19.7 Å². The van der Waals surface area contributed by atoms with Crippen LogP contribution in [0.1, 0.15) is 25.3 Å². The fraction of sp³-hybridized carbons (Fsp3) is 0.619. The molecule has 2 atom stereocenters. The monoisotopic (exact) mass is 503 g/mol. The standard InChI is InChI=1S/C21H33N3O3.HI/c1-17-15-24(16-19(17)20(25)26-3)21(22-2)23-12-7-8-13-27-14-11-18-9-5-4-6-10-18;/h4-6,9-10,17,19H,7-8,11-16H2,1-3H3,(H,22,23);1H. The number of carbonyl (C=O) groups excluding carboxylic acids is 1. The van der Waals surface area contributed by atoms with Gasteiger partial charge in [0.2, 0.25) is 0 Å². The van der Waals surface area contributed by atoms with Gasteiger partial charge in [-0.2, -0.15) is 0 Å². The molecule has 1 heterocycles. The number of nitrogens with one attached hydrogen (secondary N) is 1. The van der Waals surface area contributed by atoms with Gasteiger partial charge in [0.15, 0.2) is 5.96 Å². The molecule has 1 aliphatic rings. The van der Waals surface area contributed by atoms with Crippen LogP contribution in [0.4, 0.5) is 0 Å². The summed E-state index contributed by atoms with van der Waals surface area (Å²) in [6.07, 6.45) is 2.99. The zero-order chi connectivity index (χ0) is 19.5. The largest absolute Gasteiger partial charge is 0.469 e. The Kier molecular flexibility index (Phi) is 12.1. The molecule has 1 aliphatic heterocycles. The lowest BCUT2D eigenvalue weighted by Crippen LogP contribution is -2.41. The topological polar surface area (TPSA) is 63.2 Å². The summed E-state index contributed by atoms with van der Waals surface area (Å²) in [6, 6.07) is 10.4. The molecule has 0 aliphatic carbocycles. The van der Waals surface area contributed by atoms with Crippen molar-refractivity contribution in [2.75, 3.05) is 47.0 Å². The third-order valence-electron chi connectivity index (χ3n) is 5.00. The number of aliphatic imine (C=N–C) groups is 1. The first-order chi connectivity index (χ1) is 13.2. The van der Waals surface area contributed by atoms with Crippen molar-refractivity contribution >= 4 is 35.9 Å². The van der Waals surface area contributed by atoms with Crippen LogP contribution in [0.5, 0.6) is 0 Å². The maximum atomic E-state index is 11.8. The Morgan fingerprint density at radius 2 is 1.96 bits per heavy atom. The summed E-state index contributed by atoms with van der Waals surface area (Å²) < 4.78 is 10.6. The lowest BCUT2D eigenvalue weighted by molar-refractivity contribution is -0.145. The van der Waals surface area contributed by atoms with Crippen LogP contribution in [0.25, 0.3) is 0 Å². The van der Waals surface area contributed by atoms with E-state index in [-0.39, 0.29) is 41.8 Å². The molecule has 1 aromatic rings. The molecule has 2 rings (SSSR count). The summed E-state index contributed by atoms with van der Waals surface area (Å²) in [4.78, 5) is 18.3. The average molecular weight is 503 g/mol. The Bertz CT molecular complexity index is 598. The highest BCUT2D eigenvalue weighted by Crippen LogP contribution is 2.24. The number of benzene rings is 1. The Hall–Kier alpha value is -1.35. The molecule has 0 bridgehead atoms. The molecular formula is C21H34IN3O3. The Morgan fingerprint density at radius 3 is 2.64 bits per heavy atom. The van der Waals surface area contributed by atoms with Gasteiger partial charge in [0.25, 0.3) is 0 Å². The van der Waals surface area contributed by atoms with E-state index in [1.165, 1.54) is 12.7 Å². The van der Waals surface area contributed by atoms with E-state index in [0.717, 1.165) is 51.5 Å². The molecule has 1 N–H and O–H groups in total. The summed E-state index contributed by atoms with van der Waals surface area (Å²) in [5, 5.41) is 3.39. The van der Waals surface area contributed by atoms with E-state index in [1.807, 2.05) is 6.07 Å². The number of rotatable bonds is 9. The van der Waals surface area contributed by atoms with Gasteiger partial charge in [-0.15, -0.1) is 24.0 Å². The lowest BCUT2D eigenvalue weighted by Gasteiger charge is -2.21. The van der Waals surface area contributed by atoms with E-state index in [4.69, 9.17) is 9.47 Å². The first-order valence-corrected chi connectivity index (χ1v) is 9.80. The first-order valence-electron chi connectivity index (χ1n) is 9.80. The van der Waals surface area contributed by atoms with Crippen LogP contribution < -0.4 is 5.32 Å². The maximum Gasteiger partial charge on any atom is 0.310 e. The number of ether oxygens (including phenoxy) is 2. The number of hydrogen-bond donors (Lipinski definition) is 1. The summed E-state index contributed by atoms with van der Waals surface area (Å²) in [6.45, 7) is 5.96. The van der Waals surface area contributed by atoms with E-state index >= 15 is 0 Å². The third-order valence-corrected chi connectivity index (χ3v) is 5.00. The molecule has 0 radical (unpaired) electrons. The fourth-order valence-corrected chi connectivity index (χ4v) is 3.40. The van der Waals surface area contributed by atoms with Crippen LogP contribution in [-0.4, -0.2) is 63.8 Å². The number of methoxy groups -OCH3 is 1. The highest BCUT2D eigenvalue weighted by molar-refractivity contribution is 14.0. The number of esters is 1. The Balaban J connectivity index is 0.00000392. The second-order valence-electron chi connectivity index (χ2n) is 7.04. The second kappa shape index (κ2) is 13.8. The minimum atomic E-state index is -0.131. The van der Waals surface area contributed by atoms with E-state index in [1.54, 1.807) is 7.05 Å². The van der Waals surface area contributed by atoms with Crippen LogP contribution in [0.15, 0.2) is 35.3 Å². The van der Waals surface area contributed by atoms with E-state index in [0.29, 0.717) is 6.54 Å². The highest BCUT2D eigenvalue weighted by atomic mass is 127. The summed E-state index contributed by atoms with van der Waals surface area (Å²) >= 11 is 0. The van der Waals surface area contributed by atoms with Crippen LogP contribution in [-0.2, 0) is 20.7 Å². The van der Waals surface area contributed by atoms with Gasteiger partial charge >= 0.3 is 5.97 Å². The molecule has 0 amide bonds. The number of nitrogens with zero attached hydrogens (tertiary/aromatic N) is 2. The van der Waals surface area contributed by atoms with Crippen LogP contribution in [0.2, 0.25) is 0 Å². The Labute approximate surface area is 186 Å². The van der Waals surface area contributed by atoms with Crippen LogP contribution in [0.3, 0.4) is 0 Å². The SMILES string of the molecule is CN=C(NCCCCOCCc1ccccc1)N1CC(C)C(C(=O)OC)C1.I. The van der Waals surface area contributed by atoms with E-state index in [2.05, 4.69) is 46.4 Å². The molecule has 0 saturated carbocycles. The summed E-state index contributed by atoms with van der Waals surface area (Å²) in [5.74, 6) is 0.923. The van der Waals surface area contributed by atoms with Crippen LogP contribution in [0, 0.1) is 11.8 Å². The van der Waals surface area contributed by atoms with Gasteiger partial charge in [-0.1, -0.05) is 37.3 Å². The molecule has 1 aromatic carbocycles. The first kappa shape index (κ1) is 24.7. The van der Waals surface area contributed by atoms with Crippen molar-refractivity contribution in [2.24, 2.45) is 16.8 Å². The quantitative estimate of drug-likeness (QED) is 0.185. The molecule has 2 unspecified atom stereocenters. The van der Waals surface area contributed by atoms with Crippen molar-refractivity contribution in [3.63, 3.8) is 0 Å². The average Bonchev–Trinajstić information content (AvgIpc) is 3.08. The minimum Gasteiger partial charge on any atom is -0.469 e. The summed E-state index contributed by atoms with van der Waals surface area (Å²) in [5.41, 5.74) is 1.31. The predicted octanol–water partition coefficient (Wildman–Crippen LogP) is 2.96. The van der Waals surface area contributed by atoms with Gasteiger partial charge in [0.05, 0.1) is 19.6 Å². The van der Waals surface area contributed by atoms with Gasteiger partial charge in [0, 0.05) is 33.3 Å². The molecule has 1 fully saturated rings. The highest BCUT2D eigenvalue weighted by Gasteiger charge is 2.36. The molecule has 6 nitrogen and oxygen atoms in total. The normalized spacial score (nSPS) is 19.2. The lowest BCUT2D eigenvalue weighted by atomic mass is 9.99. The number of unbranched alkanes of at least 4 members (excludes halogenated alkanes) is 1. The third kappa shape index (κ3) is 7.95. The van der Waals surface area contributed by atoms with Crippen molar-refractivity contribution in [1.82, 2.24) is 10.2 Å². The summed E-state index contributed by atoms with van der Waals surface area (Å²) in [7, 11) is 3.23. The number of likely N-dealkylation sites (tertiary alicyclic amines) is 1. The molecule has 158 valence electrons. The van der Waals surface area contributed by atoms with Crippen molar-refractivity contribution in [2.45, 2.75) is 26.2 Å². The zero-order valence-corrected chi connectivity index (χ0v) is 19.6. The molecule has 28 heavy (non-hydrogen) atoms. The van der Waals surface area contributed by atoms with Gasteiger partial charge in [0.1, 0.15) is 0 Å². The smallest absolute Gasteiger partial charge is 0.310 e. The zero-order valence-electron chi connectivity index (χ0n) is 17.2. The van der Waals surface area contributed by atoms with Crippen LogP contribution >= 0.6 is 24.0 Å². The Morgan fingerprint density at radius 1 is 1.21 bits per heavy atom. The van der Waals surface area contributed by atoms with E-state index < -0.39 is 0 Å². The van der Waals surface area contributed by atoms with Crippen molar-refractivity contribution < 1.29 is 14.3 Å². The van der Waals surface area contributed by atoms with Gasteiger partial charge in [-0.25, -0.2) is 0 Å². The number of hydrogen-bond acceptors (Lipinski definition) is 4. The molecule has 1 saturated heterocycles. The number of halogens is 1. The minimum absolute atomic E-state index is 0. The van der Waals surface area contributed by atoms with Crippen molar-refractivity contribution in [3.05, 3.63) is 35.9 Å². The van der Waals surface area contributed by atoms with Crippen molar-refractivity contribution in [1.29, 1.82) is 0 Å². The van der Waals surface area contributed by atoms with Gasteiger partial charge in [-0.3, -0.25) is 9.79 Å². The fourth-order valence-electron chi connectivity index (χ4n) is 3.40.